The summed E-state index contributed by atoms with van der Waals surface area (Å²) >= 11 is 0. The third-order valence-corrected chi connectivity index (χ3v) is 7.08. The van der Waals surface area contributed by atoms with Crippen LogP contribution < -0.4 is 9.47 Å². The lowest BCUT2D eigenvalue weighted by Gasteiger charge is -2.30. The largest absolute Gasteiger partial charge is 0.456 e. The number of fused-ring (bicyclic) bond motifs is 9. The zero-order valence-electron chi connectivity index (χ0n) is 18.0. The van der Waals surface area contributed by atoms with Gasteiger partial charge in [-0.15, -0.1) is 0 Å². The lowest BCUT2D eigenvalue weighted by atomic mass is 9.81. The average Bonchev–Trinajstić information content (AvgIpc) is 2.86. The van der Waals surface area contributed by atoms with Crippen molar-refractivity contribution < 1.29 is 9.47 Å². The van der Waals surface area contributed by atoms with E-state index in [0.717, 1.165) is 44.9 Å². The van der Waals surface area contributed by atoms with Gasteiger partial charge in [0.05, 0.1) is 0 Å². The molecular weight excluding hydrogens is 404 g/mol. The molecule has 6 aromatic carbocycles. The highest BCUT2D eigenvalue weighted by Gasteiger charge is 2.31. The van der Waals surface area contributed by atoms with Gasteiger partial charge in [0.1, 0.15) is 23.0 Å². The number of hydrogen-bond donors (Lipinski definition) is 0. The van der Waals surface area contributed by atoms with E-state index in [4.69, 9.17) is 9.47 Å². The molecule has 0 unspecified atom stereocenters. The van der Waals surface area contributed by atoms with Crippen molar-refractivity contribution in [3.8, 4) is 45.3 Å². The van der Waals surface area contributed by atoms with E-state index < -0.39 is 0 Å². The summed E-state index contributed by atoms with van der Waals surface area (Å²) in [6.45, 7) is 2.13. The predicted molar refractivity (Wildman–Crippen MR) is 135 cm³/mol. The van der Waals surface area contributed by atoms with Crippen LogP contribution in [0.25, 0.3) is 54.6 Å². The highest BCUT2D eigenvalue weighted by atomic mass is 16.5. The van der Waals surface area contributed by atoms with Gasteiger partial charge in [-0.2, -0.15) is 0 Å². The van der Waals surface area contributed by atoms with Crippen molar-refractivity contribution in [2.75, 3.05) is 0 Å². The van der Waals surface area contributed by atoms with Crippen molar-refractivity contribution in [2.45, 2.75) is 6.92 Å². The topological polar surface area (TPSA) is 18.5 Å². The van der Waals surface area contributed by atoms with Gasteiger partial charge in [-0.25, -0.2) is 0 Å². The Morgan fingerprint density at radius 3 is 1.91 bits per heavy atom. The van der Waals surface area contributed by atoms with E-state index in [2.05, 4.69) is 97.9 Å². The number of rotatable bonds is 0. The van der Waals surface area contributed by atoms with E-state index >= 15 is 0 Å². The molecular formula is C31H18O2. The molecule has 0 bridgehead atoms. The first kappa shape index (κ1) is 17.3. The Balaban J connectivity index is 1.67. The van der Waals surface area contributed by atoms with Crippen LogP contribution >= 0.6 is 0 Å². The SMILES string of the molecule is Cc1ccc2c(c1)-c1c3ccccc3c3c4c(ccc(c14)O2)Oc1ccc2ccccc2c1-3. The summed E-state index contributed by atoms with van der Waals surface area (Å²) in [5.41, 5.74) is 6.00. The molecule has 0 atom stereocenters. The minimum absolute atomic E-state index is 0.887. The van der Waals surface area contributed by atoms with Crippen LogP contribution in [0.4, 0.5) is 0 Å². The Labute approximate surface area is 190 Å². The van der Waals surface area contributed by atoms with Gasteiger partial charge in [0, 0.05) is 33.0 Å². The van der Waals surface area contributed by atoms with Crippen molar-refractivity contribution in [3.05, 3.63) is 96.6 Å². The normalized spacial score (nSPS) is 12.9. The van der Waals surface area contributed by atoms with Gasteiger partial charge < -0.3 is 9.47 Å². The van der Waals surface area contributed by atoms with Gasteiger partial charge in [-0.1, -0.05) is 66.2 Å². The Bertz CT molecular complexity index is 1830. The zero-order valence-corrected chi connectivity index (χ0v) is 18.0. The Morgan fingerprint density at radius 2 is 1.09 bits per heavy atom. The molecule has 2 heteroatoms. The minimum Gasteiger partial charge on any atom is -0.456 e. The summed E-state index contributed by atoms with van der Waals surface area (Å²) in [4.78, 5) is 0. The average molecular weight is 422 g/mol. The molecule has 2 aliphatic heterocycles. The standard InChI is InChI=1S/C31H18O2/c1-17-10-12-23-22(16-17)27-20-8-4-5-9-21(20)29-28-19-7-3-2-6-18(19)11-13-24(28)33-26-15-14-25(32-23)30(27)31(26)29/h2-16H,1H3. The molecule has 2 aliphatic rings. The molecule has 0 aromatic heterocycles. The maximum absolute atomic E-state index is 6.54. The van der Waals surface area contributed by atoms with Gasteiger partial charge in [0.2, 0.25) is 0 Å². The second kappa shape index (κ2) is 5.93. The van der Waals surface area contributed by atoms with Crippen LogP contribution in [0.3, 0.4) is 0 Å². The van der Waals surface area contributed by atoms with E-state index in [-0.39, 0.29) is 0 Å². The predicted octanol–water partition coefficient (Wildman–Crippen LogP) is 9.00. The van der Waals surface area contributed by atoms with E-state index in [0.29, 0.717) is 0 Å². The summed E-state index contributed by atoms with van der Waals surface area (Å²) in [5, 5.41) is 7.18. The smallest absolute Gasteiger partial charge is 0.136 e. The van der Waals surface area contributed by atoms with Crippen LogP contribution in [-0.4, -0.2) is 0 Å². The van der Waals surface area contributed by atoms with Gasteiger partial charge in [0.15, 0.2) is 0 Å². The molecule has 8 rings (SSSR count). The lowest BCUT2D eigenvalue weighted by molar-refractivity contribution is 0.476. The third-order valence-electron chi connectivity index (χ3n) is 7.08. The molecule has 6 aromatic rings. The fourth-order valence-corrected chi connectivity index (χ4v) is 5.72. The van der Waals surface area contributed by atoms with Crippen molar-refractivity contribution in [2.24, 2.45) is 0 Å². The van der Waals surface area contributed by atoms with Gasteiger partial charge in [-0.05, 0) is 58.8 Å². The number of ether oxygens (including phenoxy) is 2. The third kappa shape index (κ3) is 2.13. The molecule has 154 valence electrons. The molecule has 0 aliphatic carbocycles. The summed E-state index contributed by atoms with van der Waals surface area (Å²) in [6.07, 6.45) is 0. The van der Waals surface area contributed by atoms with E-state index in [9.17, 15) is 0 Å². The van der Waals surface area contributed by atoms with Gasteiger partial charge >= 0.3 is 0 Å². The minimum atomic E-state index is 0.887. The van der Waals surface area contributed by atoms with Crippen molar-refractivity contribution in [1.29, 1.82) is 0 Å². The van der Waals surface area contributed by atoms with Crippen molar-refractivity contribution >= 4 is 32.3 Å². The lowest BCUT2D eigenvalue weighted by Crippen LogP contribution is -2.04. The summed E-state index contributed by atoms with van der Waals surface area (Å²) in [6, 6.07) is 32.1. The molecule has 2 heterocycles. The van der Waals surface area contributed by atoms with Crippen LogP contribution in [0.15, 0.2) is 91.0 Å². The molecule has 0 N–H and O–H groups in total. The molecule has 0 fully saturated rings. The summed E-state index contributed by atoms with van der Waals surface area (Å²) in [7, 11) is 0. The second-order valence-corrected chi connectivity index (χ2v) is 8.97. The van der Waals surface area contributed by atoms with Gasteiger partial charge in [0.25, 0.3) is 0 Å². The van der Waals surface area contributed by atoms with Gasteiger partial charge in [-0.3, -0.25) is 0 Å². The Kier molecular flexibility index (Phi) is 3.11. The first-order valence-electron chi connectivity index (χ1n) is 11.3. The molecule has 0 amide bonds. The molecule has 0 radical (unpaired) electrons. The van der Waals surface area contributed by atoms with E-state index in [1.807, 2.05) is 0 Å². The van der Waals surface area contributed by atoms with Crippen molar-refractivity contribution in [1.82, 2.24) is 0 Å². The molecule has 0 saturated carbocycles. The second-order valence-electron chi connectivity index (χ2n) is 8.97. The maximum atomic E-state index is 6.54. The van der Waals surface area contributed by atoms with Crippen LogP contribution in [-0.2, 0) is 0 Å². The number of hydrogen-bond acceptors (Lipinski definition) is 2. The molecule has 0 saturated heterocycles. The van der Waals surface area contributed by atoms with Crippen LogP contribution in [0.5, 0.6) is 23.0 Å². The number of benzene rings is 6. The van der Waals surface area contributed by atoms with E-state index in [1.54, 1.807) is 0 Å². The molecule has 0 spiro atoms. The maximum Gasteiger partial charge on any atom is 0.136 e. The Hall–Kier alpha value is -4.30. The zero-order chi connectivity index (χ0) is 21.7. The fourth-order valence-electron chi connectivity index (χ4n) is 5.72. The highest BCUT2D eigenvalue weighted by molar-refractivity contribution is 6.28. The quantitative estimate of drug-likeness (QED) is 0.227. The number of aryl methyl sites for hydroxylation is 1. The van der Waals surface area contributed by atoms with Crippen LogP contribution in [0, 0.1) is 6.92 Å². The van der Waals surface area contributed by atoms with Crippen molar-refractivity contribution in [3.63, 3.8) is 0 Å². The van der Waals surface area contributed by atoms with Crippen LogP contribution in [0.1, 0.15) is 5.56 Å². The van der Waals surface area contributed by atoms with Crippen LogP contribution in [0.2, 0.25) is 0 Å². The molecule has 2 nitrogen and oxygen atoms in total. The fraction of sp³-hybridized carbons (Fsp3) is 0.0323. The molecule has 33 heavy (non-hydrogen) atoms. The monoisotopic (exact) mass is 422 g/mol. The van der Waals surface area contributed by atoms with E-state index in [1.165, 1.54) is 38.2 Å². The Morgan fingerprint density at radius 1 is 0.485 bits per heavy atom. The highest BCUT2D eigenvalue weighted by Crippen LogP contribution is 2.59. The summed E-state index contributed by atoms with van der Waals surface area (Å²) in [5.74, 6) is 3.59. The first-order chi connectivity index (χ1) is 16.3. The first-order valence-corrected chi connectivity index (χ1v) is 11.3. The summed E-state index contributed by atoms with van der Waals surface area (Å²) < 4.78 is 13.0.